The zero-order valence-electron chi connectivity index (χ0n) is 16.6. The molecule has 4 rings (SSSR count). The molecule has 2 aromatic heterocycles. The summed E-state index contributed by atoms with van der Waals surface area (Å²) in [5, 5.41) is 1.36. The first kappa shape index (κ1) is 17.8. The van der Waals surface area contributed by atoms with Crippen LogP contribution in [0.1, 0.15) is 12.0 Å². The molecule has 1 atom stereocenters. The van der Waals surface area contributed by atoms with Crippen LogP contribution in [0, 0.1) is 0 Å². The minimum Gasteiger partial charge on any atom is -0.355 e. The summed E-state index contributed by atoms with van der Waals surface area (Å²) in [4.78, 5) is 15.8. The van der Waals surface area contributed by atoms with Gasteiger partial charge in [-0.05, 0) is 24.1 Å². The Labute approximate surface area is 161 Å². The molecule has 0 radical (unpaired) electrons. The van der Waals surface area contributed by atoms with Crippen molar-refractivity contribution in [1.82, 2.24) is 19.4 Å². The fraction of sp³-hybridized carbons (Fsp3) is 0.429. The van der Waals surface area contributed by atoms with Gasteiger partial charge >= 0.3 is 0 Å². The van der Waals surface area contributed by atoms with E-state index in [2.05, 4.69) is 68.9 Å². The first-order chi connectivity index (χ1) is 13.0. The summed E-state index contributed by atoms with van der Waals surface area (Å²) in [6, 6.07) is 11.1. The Hall–Kier alpha value is -2.60. The Morgan fingerprint density at radius 1 is 1.15 bits per heavy atom. The molecule has 1 unspecified atom stereocenters. The van der Waals surface area contributed by atoms with E-state index in [1.807, 2.05) is 31.3 Å². The maximum atomic E-state index is 4.69. The van der Waals surface area contributed by atoms with Crippen LogP contribution < -0.4 is 9.80 Å². The summed E-state index contributed by atoms with van der Waals surface area (Å²) in [7, 11) is 8.22. The van der Waals surface area contributed by atoms with Gasteiger partial charge in [-0.1, -0.05) is 18.2 Å². The zero-order chi connectivity index (χ0) is 19.0. The number of likely N-dealkylation sites (tertiary alicyclic amines) is 1. The van der Waals surface area contributed by atoms with Gasteiger partial charge in [-0.15, -0.1) is 0 Å². The van der Waals surface area contributed by atoms with Gasteiger partial charge < -0.3 is 14.4 Å². The fourth-order valence-corrected chi connectivity index (χ4v) is 4.00. The lowest BCUT2D eigenvalue weighted by Gasteiger charge is -2.26. The van der Waals surface area contributed by atoms with Crippen LogP contribution in [-0.4, -0.2) is 59.7 Å². The first-order valence-corrected chi connectivity index (χ1v) is 9.51. The van der Waals surface area contributed by atoms with E-state index >= 15 is 0 Å². The molecule has 1 aliphatic rings. The molecule has 0 aliphatic carbocycles. The number of para-hydroxylation sites is 1. The quantitative estimate of drug-likeness (QED) is 0.696. The molecule has 6 nitrogen and oxygen atoms in total. The molecule has 1 fully saturated rings. The Morgan fingerprint density at radius 3 is 2.78 bits per heavy atom. The number of hydrogen-bond donors (Lipinski definition) is 0. The zero-order valence-corrected chi connectivity index (χ0v) is 16.6. The van der Waals surface area contributed by atoms with E-state index in [1.165, 1.54) is 16.5 Å². The average Bonchev–Trinajstić information content (AvgIpc) is 3.27. The molecule has 6 heteroatoms. The average molecular weight is 364 g/mol. The van der Waals surface area contributed by atoms with Gasteiger partial charge in [-0.2, -0.15) is 4.98 Å². The van der Waals surface area contributed by atoms with Crippen molar-refractivity contribution in [2.24, 2.45) is 7.05 Å². The summed E-state index contributed by atoms with van der Waals surface area (Å²) in [6.07, 6.45) is 5.27. The highest BCUT2D eigenvalue weighted by Crippen LogP contribution is 2.25. The van der Waals surface area contributed by atoms with Gasteiger partial charge in [-0.25, -0.2) is 4.98 Å². The van der Waals surface area contributed by atoms with Gasteiger partial charge in [0.15, 0.2) is 0 Å². The molecular weight excluding hydrogens is 336 g/mol. The van der Waals surface area contributed by atoms with Crippen molar-refractivity contribution >= 4 is 22.7 Å². The third-order valence-corrected chi connectivity index (χ3v) is 5.56. The number of fused-ring (bicyclic) bond motifs is 1. The highest BCUT2D eigenvalue weighted by atomic mass is 15.3. The van der Waals surface area contributed by atoms with E-state index in [-0.39, 0.29) is 0 Å². The number of benzene rings is 1. The molecule has 0 spiro atoms. The summed E-state index contributed by atoms with van der Waals surface area (Å²) >= 11 is 0. The first-order valence-electron chi connectivity index (χ1n) is 9.51. The minimum absolute atomic E-state index is 0.477. The summed E-state index contributed by atoms with van der Waals surface area (Å²) in [6.45, 7) is 3.17. The van der Waals surface area contributed by atoms with E-state index in [0.717, 1.165) is 37.8 Å². The van der Waals surface area contributed by atoms with Crippen molar-refractivity contribution in [3.8, 4) is 0 Å². The Kier molecular flexibility index (Phi) is 4.74. The minimum atomic E-state index is 0.477. The van der Waals surface area contributed by atoms with Crippen LogP contribution in [0.3, 0.4) is 0 Å². The van der Waals surface area contributed by atoms with Gasteiger partial charge in [-0.3, -0.25) is 4.90 Å². The van der Waals surface area contributed by atoms with Crippen molar-refractivity contribution in [1.29, 1.82) is 0 Å². The van der Waals surface area contributed by atoms with Crippen molar-refractivity contribution in [2.45, 2.75) is 19.0 Å². The van der Waals surface area contributed by atoms with Crippen molar-refractivity contribution in [3.05, 3.63) is 48.3 Å². The summed E-state index contributed by atoms with van der Waals surface area (Å²) in [5.74, 6) is 1.75. The van der Waals surface area contributed by atoms with Crippen LogP contribution in [-0.2, 0) is 13.6 Å². The third kappa shape index (κ3) is 3.49. The van der Waals surface area contributed by atoms with Crippen LogP contribution in [0.15, 0.2) is 42.7 Å². The molecule has 0 amide bonds. The molecular formula is C21H28N6. The molecule has 3 aromatic rings. The lowest BCUT2D eigenvalue weighted by atomic mass is 10.1. The highest BCUT2D eigenvalue weighted by Gasteiger charge is 2.27. The Balaban J connectivity index is 1.46. The van der Waals surface area contributed by atoms with E-state index in [4.69, 9.17) is 0 Å². The number of likely N-dealkylation sites (N-methyl/N-ethyl adjacent to an activating group) is 1. The lowest BCUT2D eigenvalue weighted by Crippen LogP contribution is -2.35. The highest BCUT2D eigenvalue weighted by molar-refractivity contribution is 5.83. The third-order valence-electron chi connectivity index (χ3n) is 5.56. The number of hydrogen-bond acceptors (Lipinski definition) is 5. The Morgan fingerprint density at radius 2 is 1.96 bits per heavy atom. The Bertz CT molecular complexity index is 931. The molecule has 1 saturated heterocycles. The molecule has 0 saturated carbocycles. The van der Waals surface area contributed by atoms with E-state index in [1.54, 1.807) is 0 Å². The number of aryl methyl sites for hydroxylation is 1. The maximum Gasteiger partial charge on any atom is 0.226 e. The summed E-state index contributed by atoms with van der Waals surface area (Å²) < 4.78 is 2.23. The van der Waals surface area contributed by atoms with Crippen LogP contribution in [0.4, 0.5) is 11.8 Å². The van der Waals surface area contributed by atoms with Crippen molar-refractivity contribution in [2.75, 3.05) is 44.0 Å². The number of nitrogens with zero attached hydrogens (tertiary/aromatic N) is 6. The smallest absolute Gasteiger partial charge is 0.226 e. The largest absolute Gasteiger partial charge is 0.355 e. The van der Waals surface area contributed by atoms with E-state index in [9.17, 15) is 0 Å². The molecule has 1 aromatic carbocycles. The van der Waals surface area contributed by atoms with E-state index in [0.29, 0.717) is 6.04 Å². The van der Waals surface area contributed by atoms with Crippen LogP contribution in [0.5, 0.6) is 0 Å². The fourth-order valence-electron chi connectivity index (χ4n) is 4.00. The SMILES string of the molecule is CN(C)c1nccc(N(C)C2CCN(Cc3cn(C)c4ccccc34)C2)n1. The standard InChI is InChI=1S/C21H28N6/c1-24(2)21-22-11-9-20(23-21)26(4)17-10-12-27(15-17)14-16-13-25(3)19-8-6-5-7-18(16)19/h5-9,11,13,17H,10,12,14-15H2,1-4H3. The van der Waals surface area contributed by atoms with Crippen molar-refractivity contribution in [3.63, 3.8) is 0 Å². The number of aromatic nitrogens is 3. The predicted octanol–water partition coefficient (Wildman–Crippen LogP) is 2.75. The van der Waals surface area contributed by atoms with Gasteiger partial charge in [0.1, 0.15) is 5.82 Å². The normalized spacial score (nSPS) is 17.6. The monoisotopic (exact) mass is 364 g/mol. The van der Waals surface area contributed by atoms with Gasteiger partial charge in [0.2, 0.25) is 5.95 Å². The van der Waals surface area contributed by atoms with Gasteiger partial charge in [0, 0.05) is 77.2 Å². The van der Waals surface area contributed by atoms with Crippen LogP contribution in [0.2, 0.25) is 0 Å². The predicted molar refractivity (Wildman–Crippen MR) is 111 cm³/mol. The van der Waals surface area contributed by atoms with Crippen LogP contribution in [0.25, 0.3) is 10.9 Å². The van der Waals surface area contributed by atoms with Gasteiger partial charge in [0.25, 0.3) is 0 Å². The molecule has 142 valence electrons. The second kappa shape index (κ2) is 7.19. The maximum absolute atomic E-state index is 4.69. The van der Waals surface area contributed by atoms with E-state index < -0.39 is 0 Å². The molecule has 0 N–H and O–H groups in total. The number of anilines is 2. The number of rotatable bonds is 5. The molecule has 27 heavy (non-hydrogen) atoms. The molecule has 3 heterocycles. The topological polar surface area (TPSA) is 40.4 Å². The van der Waals surface area contributed by atoms with Crippen LogP contribution >= 0.6 is 0 Å². The van der Waals surface area contributed by atoms with Gasteiger partial charge in [0.05, 0.1) is 0 Å². The second-order valence-corrected chi connectivity index (χ2v) is 7.68. The molecule has 1 aliphatic heterocycles. The second-order valence-electron chi connectivity index (χ2n) is 7.68. The molecule has 0 bridgehead atoms. The lowest BCUT2D eigenvalue weighted by molar-refractivity contribution is 0.327. The summed E-state index contributed by atoms with van der Waals surface area (Å²) in [5.41, 5.74) is 2.71. The van der Waals surface area contributed by atoms with Crippen molar-refractivity contribution < 1.29 is 0 Å².